The molecule has 126 valence electrons. The van der Waals surface area contributed by atoms with E-state index in [1.54, 1.807) is 24.3 Å². The van der Waals surface area contributed by atoms with E-state index in [1.165, 1.54) is 0 Å². The zero-order chi connectivity index (χ0) is 16.8. The Labute approximate surface area is 142 Å². The van der Waals surface area contributed by atoms with Crippen molar-refractivity contribution in [2.75, 3.05) is 24.1 Å². The molecule has 1 fully saturated rings. The van der Waals surface area contributed by atoms with E-state index in [-0.39, 0.29) is 12.0 Å². The van der Waals surface area contributed by atoms with Crippen molar-refractivity contribution in [3.05, 3.63) is 54.1 Å². The zero-order valence-corrected chi connectivity index (χ0v) is 13.6. The van der Waals surface area contributed by atoms with Gasteiger partial charge in [-0.15, -0.1) is 0 Å². The van der Waals surface area contributed by atoms with Crippen molar-refractivity contribution in [2.24, 2.45) is 0 Å². The van der Waals surface area contributed by atoms with Crippen LogP contribution in [0.2, 0.25) is 0 Å². The highest BCUT2D eigenvalue weighted by Crippen LogP contribution is 2.20. The largest absolute Gasteiger partial charge is 0.490 e. The topological polar surface area (TPSA) is 76.4 Å². The van der Waals surface area contributed by atoms with Gasteiger partial charge in [-0.05, 0) is 68.8 Å². The Balaban J connectivity index is 1.61. The van der Waals surface area contributed by atoms with E-state index >= 15 is 0 Å². The Morgan fingerprint density at radius 2 is 1.88 bits per heavy atom. The molecular weight excluding hydrogens is 302 g/mol. The number of benzene rings is 2. The van der Waals surface area contributed by atoms with Crippen LogP contribution in [0.15, 0.2) is 48.5 Å². The van der Waals surface area contributed by atoms with Crippen LogP contribution in [0.1, 0.15) is 29.6 Å². The fourth-order valence-corrected chi connectivity index (χ4v) is 2.79. The summed E-state index contributed by atoms with van der Waals surface area (Å²) < 4.78 is 6.02. The summed E-state index contributed by atoms with van der Waals surface area (Å²) in [6.45, 7) is 2.05. The molecule has 1 atom stereocenters. The van der Waals surface area contributed by atoms with E-state index in [0.717, 1.165) is 38.1 Å². The van der Waals surface area contributed by atoms with Crippen molar-refractivity contribution < 1.29 is 9.53 Å². The molecule has 4 N–H and O–H groups in total. The van der Waals surface area contributed by atoms with Gasteiger partial charge in [0.1, 0.15) is 5.75 Å². The summed E-state index contributed by atoms with van der Waals surface area (Å²) in [5.41, 5.74) is 7.59. The van der Waals surface area contributed by atoms with Crippen LogP contribution in [-0.2, 0) is 0 Å². The first kappa shape index (κ1) is 16.3. The van der Waals surface area contributed by atoms with E-state index in [2.05, 4.69) is 10.6 Å². The summed E-state index contributed by atoms with van der Waals surface area (Å²) in [5.74, 6) is 0.621. The lowest BCUT2D eigenvalue weighted by Gasteiger charge is -2.17. The second kappa shape index (κ2) is 7.84. The number of carbonyl (C=O) groups is 1. The number of ether oxygens (including phenoxy) is 1. The number of amides is 1. The number of nitrogens with one attached hydrogen (secondary N) is 2. The summed E-state index contributed by atoms with van der Waals surface area (Å²) in [5, 5.41) is 6.19. The normalized spacial score (nSPS) is 17.8. The Kier molecular flexibility index (Phi) is 5.33. The van der Waals surface area contributed by atoms with Gasteiger partial charge in [-0.1, -0.05) is 12.1 Å². The van der Waals surface area contributed by atoms with Crippen LogP contribution < -0.4 is 21.1 Å². The first-order chi connectivity index (χ1) is 11.7. The molecule has 2 aromatic carbocycles. The summed E-state index contributed by atoms with van der Waals surface area (Å²) in [7, 11) is 0. The Morgan fingerprint density at radius 3 is 2.67 bits per heavy atom. The SMILES string of the molecule is Nc1ccccc1NC(=O)c1ccc(OC2CCCNCC2)cc1. The molecule has 2 aromatic rings. The average Bonchev–Trinajstić information content (AvgIpc) is 2.86. The van der Waals surface area contributed by atoms with Gasteiger partial charge in [-0.3, -0.25) is 4.79 Å². The number of hydrogen-bond donors (Lipinski definition) is 3. The third-order valence-electron chi connectivity index (χ3n) is 4.15. The molecule has 5 nitrogen and oxygen atoms in total. The van der Waals surface area contributed by atoms with Gasteiger partial charge in [0.05, 0.1) is 17.5 Å². The predicted molar refractivity (Wildman–Crippen MR) is 96.4 cm³/mol. The van der Waals surface area contributed by atoms with Gasteiger partial charge in [-0.25, -0.2) is 0 Å². The smallest absolute Gasteiger partial charge is 0.255 e. The monoisotopic (exact) mass is 325 g/mol. The molecule has 5 heteroatoms. The first-order valence-electron chi connectivity index (χ1n) is 8.35. The lowest BCUT2D eigenvalue weighted by atomic mass is 10.1. The lowest BCUT2D eigenvalue weighted by molar-refractivity contribution is 0.102. The van der Waals surface area contributed by atoms with Crippen LogP contribution in [-0.4, -0.2) is 25.1 Å². The number of para-hydroxylation sites is 2. The molecule has 3 rings (SSSR count). The quantitative estimate of drug-likeness (QED) is 0.755. The van der Waals surface area contributed by atoms with Gasteiger partial charge in [0, 0.05) is 5.56 Å². The highest BCUT2D eigenvalue weighted by atomic mass is 16.5. The molecule has 1 aliphatic rings. The molecule has 1 saturated heterocycles. The molecule has 0 saturated carbocycles. The summed E-state index contributed by atoms with van der Waals surface area (Å²) >= 11 is 0. The highest BCUT2D eigenvalue weighted by Gasteiger charge is 2.14. The lowest BCUT2D eigenvalue weighted by Crippen LogP contribution is -2.19. The van der Waals surface area contributed by atoms with Crippen LogP contribution in [0.4, 0.5) is 11.4 Å². The summed E-state index contributed by atoms with van der Waals surface area (Å²) in [6.07, 6.45) is 3.44. The van der Waals surface area contributed by atoms with Crippen LogP contribution in [0.5, 0.6) is 5.75 Å². The Morgan fingerprint density at radius 1 is 1.08 bits per heavy atom. The standard InChI is InChI=1S/C19H23N3O2/c20-17-5-1-2-6-18(17)22-19(23)14-7-9-16(10-8-14)24-15-4-3-12-21-13-11-15/h1-2,5-10,15,21H,3-4,11-13,20H2,(H,22,23). The van der Waals surface area contributed by atoms with E-state index in [4.69, 9.17) is 10.5 Å². The molecular formula is C19H23N3O2. The van der Waals surface area contributed by atoms with Gasteiger partial charge in [0.15, 0.2) is 0 Å². The van der Waals surface area contributed by atoms with Crippen LogP contribution >= 0.6 is 0 Å². The molecule has 24 heavy (non-hydrogen) atoms. The van der Waals surface area contributed by atoms with E-state index in [1.807, 2.05) is 24.3 Å². The number of nitrogen functional groups attached to an aromatic ring is 1. The minimum atomic E-state index is -0.182. The van der Waals surface area contributed by atoms with E-state index < -0.39 is 0 Å². The maximum Gasteiger partial charge on any atom is 0.255 e. The molecule has 0 radical (unpaired) electrons. The molecule has 0 aliphatic carbocycles. The molecule has 0 aromatic heterocycles. The fraction of sp³-hybridized carbons (Fsp3) is 0.316. The number of carbonyl (C=O) groups excluding carboxylic acids is 1. The number of anilines is 2. The highest BCUT2D eigenvalue weighted by molar-refractivity contribution is 6.05. The van der Waals surface area contributed by atoms with Gasteiger partial charge in [0.2, 0.25) is 0 Å². The first-order valence-corrected chi connectivity index (χ1v) is 8.35. The van der Waals surface area contributed by atoms with Crippen LogP contribution in [0.3, 0.4) is 0 Å². The van der Waals surface area contributed by atoms with Gasteiger partial charge < -0.3 is 21.1 Å². The maximum atomic E-state index is 12.3. The Bertz CT molecular complexity index is 677. The molecule has 1 heterocycles. The van der Waals surface area contributed by atoms with Crippen molar-refractivity contribution >= 4 is 17.3 Å². The third kappa shape index (κ3) is 4.26. The molecule has 0 bridgehead atoms. The van der Waals surface area contributed by atoms with Crippen molar-refractivity contribution in [3.63, 3.8) is 0 Å². The maximum absolute atomic E-state index is 12.3. The zero-order valence-electron chi connectivity index (χ0n) is 13.6. The van der Waals surface area contributed by atoms with Crippen molar-refractivity contribution in [3.8, 4) is 5.75 Å². The van der Waals surface area contributed by atoms with Crippen LogP contribution in [0.25, 0.3) is 0 Å². The molecule has 1 amide bonds. The van der Waals surface area contributed by atoms with Crippen LogP contribution in [0, 0.1) is 0 Å². The van der Waals surface area contributed by atoms with Gasteiger partial charge in [-0.2, -0.15) is 0 Å². The molecule has 1 unspecified atom stereocenters. The average molecular weight is 325 g/mol. The summed E-state index contributed by atoms with van der Waals surface area (Å²) in [6, 6.07) is 14.5. The van der Waals surface area contributed by atoms with Crippen molar-refractivity contribution in [1.82, 2.24) is 5.32 Å². The number of nitrogens with two attached hydrogens (primary N) is 1. The van der Waals surface area contributed by atoms with Crippen molar-refractivity contribution in [1.29, 1.82) is 0 Å². The van der Waals surface area contributed by atoms with Gasteiger partial charge in [0.25, 0.3) is 5.91 Å². The fourth-order valence-electron chi connectivity index (χ4n) is 2.79. The summed E-state index contributed by atoms with van der Waals surface area (Å²) in [4.78, 5) is 12.3. The second-order valence-corrected chi connectivity index (χ2v) is 5.99. The molecule has 0 spiro atoms. The van der Waals surface area contributed by atoms with Crippen molar-refractivity contribution in [2.45, 2.75) is 25.4 Å². The predicted octanol–water partition coefficient (Wildman–Crippen LogP) is 3.04. The number of rotatable bonds is 4. The Hall–Kier alpha value is -2.53. The minimum absolute atomic E-state index is 0.182. The van der Waals surface area contributed by atoms with E-state index in [0.29, 0.717) is 16.9 Å². The van der Waals surface area contributed by atoms with E-state index in [9.17, 15) is 4.79 Å². The third-order valence-corrected chi connectivity index (χ3v) is 4.15. The van der Waals surface area contributed by atoms with Gasteiger partial charge >= 0.3 is 0 Å². The number of hydrogen-bond acceptors (Lipinski definition) is 4. The minimum Gasteiger partial charge on any atom is -0.490 e. The second-order valence-electron chi connectivity index (χ2n) is 5.99. The molecule has 1 aliphatic heterocycles.